The van der Waals surface area contributed by atoms with E-state index in [0.29, 0.717) is 5.41 Å². The summed E-state index contributed by atoms with van der Waals surface area (Å²) in [5.74, 6) is 0. The molecule has 0 bridgehead atoms. The minimum Gasteiger partial charge on any atom is -0.317 e. The Morgan fingerprint density at radius 3 is 1.62 bits per heavy atom. The van der Waals surface area contributed by atoms with E-state index >= 15 is 0 Å². The minimum absolute atomic E-state index is 0.658. The SMILES string of the molecule is CC.CC.CCC1(C)CCNCC1. The van der Waals surface area contributed by atoms with Gasteiger partial charge in [-0.3, -0.25) is 0 Å². The highest BCUT2D eigenvalue weighted by atomic mass is 14.9. The van der Waals surface area contributed by atoms with Crippen molar-refractivity contribution in [1.29, 1.82) is 0 Å². The highest BCUT2D eigenvalue weighted by Crippen LogP contribution is 2.30. The molecule has 13 heavy (non-hydrogen) atoms. The van der Waals surface area contributed by atoms with Gasteiger partial charge in [0.15, 0.2) is 0 Å². The first-order valence-corrected chi connectivity index (χ1v) is 5.97. The van der Waals surface area contributed by atoms with Crippen molar-refractivity contribution in [2.75, 3.05) is 13.1 Å². The summed E-state index contributed by atoms with van der Waals surface area (Å²) in [6.45, 7) is 15.1. The lowest BCUT2D eigenvalue weighted by Gasteiger charge is -2.32. The number of hydrogen-bond acceptors (Lipinski definition) is 1. The van der Waals surface area contributed by atoms with Gasteiger partial charge in [-0.15, -0.1) is 0 Å². The van der Waals surface area contributed by atoms with Gasteiger partial charge in [-0.2, -0.15) is 0 Å². The van der Waals surface area contributed by atoms with Crippen LogP contribution < -0.4 is 5.32 Å². The van der Waals surface area contributed by atoms with E-state index < -0.39 is 0 Å². The van der Waals surface area contributed by atoms with E-state index in [4.69, 9.17) is 0 Å². The Balaban J connectivity index is 0. The molecule has 1 aliphatic heterocycles. The van der Waals surface area contributed by atoms with E-state index in [2.05, 4.69) is 19.2 Å². The summed E-state index contributed by atoms with van der Waals surface area (Å²) in [5, 5.41) is 3.37. The lowest BCUT2D eigenvalue weighted by molar-refractivity contribution is 0.221. The predicted octanol–water partition coefficient (Wildman–Crippen LogP) is 3.84. The van der Waals surface area contributed by atoms with Crippen LogP contribution in [0.5, 0.6) is 0 Å². The highest BCUT2D eigenvalue weighted by Gasteiger charge is 2.23. The summed E-state index contributed by atoms with van der Waals surface area (Å²) in [6.07, 6.45) is 4.07. The molecule has 0 unspecified atom stereocenters. The van der Waals surface area contributed by atoms with Crippen molar-refractivity contribution in [3.05, 3.63) is 0 Å². The van der Waals surface area contributed by atoms with Crippen molar-refractivity contribution in [2.24, 2.45) is 5.41 Å². The molecule has 82 valence electrons. The second kappa shape index (κ2) is 10.0. The predicted molar refractivity (Wildman–Crippen MR) is 63.2 cm³/mol. The first-order chi connectivity index (χ1) is 6.27. The molecule has 0 saturated carbocycles. The van der Waals surface area contributed by atoms with Crippen LogP contribution in [0.4, 0.5) is 0 Å². The molecule has 1 aliphatic rings. The van der Waals surface area contributed by atoms with Crippen molar-refractivity contribution in [1.82, 2.24) is 5.32 Å². The van der Waals surface area contributed by atoms with Crippen molar-refractivity contribution in [3.8, 4) is 0 Å². The third kappa shape index (κ3) is 7.06. The van der Waals surface area contributed by atoms with Crippen LogP contribution in [0.3, 0.4) is 0 Å². The van der Waals surface area contributed by atoms with E-state index in [9.17, 15) is 0 Å². The zero-order chi connectivity index (χ0) is 10.7. The largest absolute Gasteiger partial charge is 0.317 e. The molecule has 0 amide bonds. The maximum Gasteiger partial charge on any atom is -0.00437 e. The molecule has 0 radical (unpaired) electrons. The van der Waals surface area contributed by atoms with Crippen LogP contribution in [0.15, 0.2) is 0 Å². The third-order valence-corrected chi connectivity index (χ3v) is 2.66. The summed E-state index contributed by atoms with van der Waals surface area (Å²) in [7, 11) is 0. The van der Waals surface area contributed by atoms with Gasteiger partial charge in [-0.1, -0.05) is 48.0 Å². The summed E-state index contributed by atoms with van der Waals surface area (Å²) < 4.78 is 0. The molecule has 0 aromatic heterocycles. The van der Waals surface area contributed by atoms with E-state index in [1.807, 2.05) is 27.7 Å². The smallest absolute Gasteiger partial charge is 0.00437 e. The van der Waals surface area contributed by atoms with Gasteiger partial charge in [0.25, 0.3) is 0 Å². The maximum absolute atomic E-state index is 3.37. The van der Waals surface area contributed by atoms with Gasteiger partial charge in [-0.25, -0.2) is 0 Å². The van der Waals surface area contributed by atoms with E-state index in [1.165, 1.54) is 32.4 Å². The maximum atomic E-state index is 3.37. The molecule has 0 aromatic carbocycles. The summed E-state index contributed by atoms with van der Waals surface area (Å²) in [6, 6.07) is 0. The molecule has 1 fully saturated rings. The minimum atomic E-state index is 0.658. The Morgan fingerprint density at radius 1 is 1.00 bits per heavy atom. The molecular formula is C12H29N. The lowest BCUT2D eigenvalue weighted by atomic mass is 9.79. The van der Waals surface area contributed by atoms with Gasteiger partial charge in [0.2, 0.25) is 0 Å². The fourth-order valence-electron chi connectivity index (χ4n) is 1.38. The van der Waals surface area contributed by atoms with Crippen LogP contribution >= 0.6 is 0 Å². The second-order valence-corrected chi connectivity index (χ2v) is 3.41. The molecule has 1 rings (SSSR count). The molecule has 0 atom stereocenters. The van der Waals surface area contributed by atoms with Crippen molar-refractivity contribution >= 4 is 0 Å². The van der Waals surface area contributed by atoms with Gasteiger partial charge in [0.05, 0.1) is 0 Å². The average molecular weight is 187 g/mol. The molecule has 0 spiro atoms. The van der Waals surface area contributed by atoms with E-state index in [-0.39, 0.29) is 0 Å². The Labute approximate surface area is 85.3 Å². The number of hydrogen-bond donors (Lipinski definition) is 1. The van der Waals surface area contributed by atoms with E-state index in [0.717, 1.165) is 0 Å². The van der Waals surface area contributed by atoms with Crippen LogP contribution in [0.1, 0.15) is 60.8 Å². The molecule has 1 heteroatoms. The first-order valence-electron chi connectivity index (χ1n) is 5.97. The van der Waals surface area contributed by atoms with Crippen LogP contribution in [-0.4, -0.2) is 13.1 Å². The first kappa shape index (κ1) is 15.4. The summed E-state index contributed by atoms with van der Waals surface area (Å²) >= 11 is 0. The monoisotopic (exact) mass is 187 g/mol. The van der Waals surface area contributed by atoms with Crippen LogP contribution in [0.25, 0.3) is 0 Å². The fourth-order valence-corrected chi connectivity index (χ4v) is 1.38. The van der Waals surface area contributed by atoms with Gasteiger partial charge in [-0.05, 0) is 31.3 Å². The van der Waals surface area contributed by atoms with Gasteiger partial charge in [0.1, 0.15) is 0 Å². The van der Waals surface area contributed by atoms with Crippen LogP contribution in [-0.2, 0) is 0 Å². The van der Waals surface area contributed by atoms with Crippen molar-refractivity contribution < 1.29 is 0 Å². The molecular weight excluding hydrogens is 158 g/mol. The zero-order valence-electron chi connectivity index (χ0n) is 10.5. The quantitative estimate of drug-likeness (QED) is 0.657. The van der Waals surface area contributed by atoms with Crippen LogP contribution in [0, 0.1) is 5.41 Å². The number of piperidine rings is 1. The van der Waals surface area contributed by atoms with Crippen molar-refractivity contribution in [2.45, 2.75) is 60.8 Å². The lowest BCUT2D eigenvalue weighted by Crippen LogP contribution is -2.34. The Bertz CT molecular complexity index is 83.1. The molecule has 1 nitrogen and oxygen atoms in total. The third-order valence-electron chi connectivity index (χ3n) is 2.66. The molecule has 1 heterocycles. The Hall–Kier alpha value is -0.0400. The zero-order valence-corrected chi connectivity index (χ0v) is 10.5. The second-order valence-electron chi connectivity index (χ2n) is 3.41. The molecule has 0 aliphatic carbocycles. The topological polar surface area (TPSA) is 12.0 Å². The van der Waals surface area contributed by atoms with Gasteiger partial charge >= 0.3 is 0 Å². The Morgan fingerprint density at radius 2 is 1.38 bits per heavy atom. The highest BCUT2D eigenvalue weighted by molar-refractivity contribution is 4.78. The van der Waals surface area contributed by atoms with Gasteiger partial charge in [0, 0.05) is 0 Å². The Kier molecular flexibility index (Phi) is 11.9. The van der Waals surface area contributed by atoms with Crippen molar-refractivity contribution in [3.63, 3.8) is 0 Å². The standard InChI is InChI=1S/C8H17N.2C2H6/c1-3-8(2)4-6-9-7-5-8;2*1-2/h9H,3-7H2,1-2H3;2*1-2H3. The number of rotatable bonds is 1. The van der Waals surface area contributed by atoms with E-state index in [1.54, 1.807) is 0 Å². The summed E-state index contributed by atoms with van der Waals surface area (Å²) in [4.78, 5) is 0. The molecule has 0 aromatic rings. The fraction of sp³-hybridized carbons (Fsp3) is 1.00. The average Bonchev–Trinajstić information content (AvgIpc) is 2.25. The molecule has 1 N–H and O–H groups in total. The molecule has 1 saturated heterocycles. The van der Waals surface area contributed by atoms with Crippen LogP contribution in [0.2, 0.25) is 0 Å². The number of nitrogens with one attached hydrogen (secondary N) is 1. The normalized spacial score (nSPS) is 18.9. The summed E-state index contributed by atoms with van der Waals surface area (Å²) in [5.41, 5.74) is 0.658. The van der Waals surface area contributed by atoms with Gasteiger partial charge < -0.3 is 5.32 Å².